The Morgan fingerprint density at radius 2 is 1.64 bits per heavy atom. The van der Waals surface area contributed by atoms with Gasteiger partial charge in [0.1, 0.15) is 5.82 Å². The van der Waals surface area contributed by atoms with Crippen molar-refractivity contribution in [2.45, 2.75) is 77.6 Å². The maximum absolute atomic E-state index is 14.6. The van der Waals surface area contributed by atoms with E-state index in [1.807, 2.05) is 13.0 Å². The van der Waals surface area contributed by atoms with Crippen LogP contribution >= 0.6 is 0 Å². The fraction of sp³-hybridized carbons (Fsp3) is 0.481. The highest BCUT2D eigenvalue weighted by Crippen LogP contribution is 2.38. The third-order valence-electron chi connectivity index (χ3n) is 7.01. The van der Waals surface area contributed by atoms with Crippen LogP contribution in [0.1, 0.15) is 92.5 Å². The van der Waals surface area contributed by atoms with Crippen molar-refractivity contribution >= 4 is 11.6 Å². The maximum Gasteiger partial charge on any atom is 0.130 e. The van der Waals surface area contributed by atoms with Gasteiger partial charge in [-0.1, -0.05) is 69.2 Å². The number of halogens is 1. The van der Waals surface area contributed by atoms with E-state index in [4.69, 9.17) is 0 Å². The lowest BCUT2D eigenvalue weighted by molar-refractivity contribution is 0.308. The maximum atomic E-state index is 14.6. The average Bonchev–Trinajstić information content (AvgIpc) is 2.75. The van der Waals surface area contributed by atoms with Gasteiger partial charge in [-0.2, -0.15) is 0 Å². The van der Waals surface area contributed by atoms with Gasteiger partial charge in [0, 0.05) is 0 Å². The molecule has 2 aliphatic rings. The summed E-state index contributed by atoms with van der Waals surface area (Å²) in [5.74, 6) is 1.72. The molecule has 1 fully saturated rings. The molecule has 2 aliphatic carbocycles. The molecule has 0 saturated heterocycles. The summed E-state index contributed by atoms with van der Waals surface area (Å²) in [4.78, 5) is 0. The summed E-state index contributed by atoms with van der Waals surface area (Å²) in [5.41, 5.74) is 6.96. The minimum absolute atomic E-state index is 0.0179. The molecule has 0 radical (unpaired) electrons. The quantitative estimate of drug-likeness (QED) is 0.496. The van der Waals surface area contributed by atoms with Crippen LogP contribution in [0, 0.1) is 11.7 Å². The monoisotopic (exact) mass is 376 g/mol. The van der Waals surface area contributed by atoms with Gasteiger partial charge < -0.3 is 0 Å². The summed E-state index contributed by atoms with van der Waals surface area (Å²) in [6, 6.07) is 13.3. The minimum Gasteiger partial charge on any atom is -0.206 e. The van der Waals surface area contributed by atoms with Crippen molar-refractivity contribution < 1.29 is 4.39 Å². The van der Waals surface area contributed by atoms with Gasteiger partial charge in [-0.25, -0.2) is 4.39 Å². The van der Waals surface area contributed by atoms with Crippen LogP contribution in [0.25, 0.3) is 11.6 Å². The first kappa shape index (κ1) is 19.4. The number of hydrogen-bond acceptors (Lipinski definition) is 0. The first-order valence-electron chi connectivity index (χ1n) is 11.3. The predicted octanol–water partition coefficient (Wildman–Crippen LogP) is 7.95. The molecule has 0 aliphatic heterocycles. The van der Waals surface area contributed by atoms with Gasteiger partial charge in [0.2, 0.25) is 0 Å². The average molecular weight is 377 g/mol. The first-order chi connectivity index (χ1) is 13.7. The zero-order chi connectivity index (χ0) is 19.5. The van der Waals surface area contributed by atoms with Gasteiger partial charge in [0.25, 0.3) is 0 Å². The lowest BCUT2D eigenvalue weighted by Crippen LogP contribution is -2.13. The van der Waals surface area contributed by atoms with E-state index in [-0.39, 0.29) is 5.82 Å². The van der Waals surface area contributed by atoms with Gasteiger partial charge in [0.15, 0.2) is 0 Å². The summed E-state index contributed by atoms with van der Waals surface area (Å²) < 4.78 is 14.6. The number of fused-ring (bicyclic) bond motifs is 1. The van der Waals surface area contributed by atoms with Crippen LogP contribution in [0.5, 0.6) is 0 Å². The van der Waals surface area contributed by atoms with Gasteiger partial charge in [-0.15, -0.1) is 0 Å². The molecule has 0 atom stereocenters. The molecule has 0 nitrogen and oxygen atoms in total. The van der Waals surface area contributed by atoms with Crippen molar-refractivity contribution in [3.05, 3.63) is 70.0 Å². The van der Waals surface area contributed by atoms with Crippen molar-refractivity contribution in [2.24, 2.45) is 5.92 Å². The summed E-state index contributed by atoms with van der Waals surface area (Å²) in [7, 11) is 0. The second kappa shape index (κ2) is 8.64. The number of allylic oxidation sites excluding steroid dienone is 1. The molecular formula is C27H33F. The molecule has 2 aromatic rings. The topological polar surface area (TPSA) is 0 Å². The van der Waals surface area contributed by atoms with E-state index in [1.54, 1.807) is 0 Å². The molecule has 148 valence electrons. The smallest absolute Gasteiger partial charge is 0.130 e. The van der Waals surface area contributed by atoms with Crippen LogP contribution in [-0.4, -0.2) is 0 Å². The molecule has 0 aromatic heterocycles. The highest BCUT2D eigenvalue weighted by molar-refractivity contribution is 5.84. The molecule has 2 aromatic carbocycles. The van der Waals surface area contributed by atoms with E-state index < -0.39 is 0 Å². The Balaban J connectivity index is 1.48. The summed E-state index contributed by atoms with van der Waals surface area (Å²) in [6.45, 7) is 4.33. The number of hydrogen-bond donors (Lipinski definition) is 0. The normalized spacial score (nSPS) is 21.9. The Bertz CT molecular complexity index is 835. The van der Waals surface area contributed by atoms with E-state index in [0.29, 0.717) is 0 Å². The van der Waals surface area contributed by atoms with Gasteiger partial charge in [-0.05, 0) is 90.2 Å². The summed E-state index contributed by atoms with van der Waals surface area (Å²) in [6.07, 6.45) is 12.9. The molecule has 0 amide bonds. The van der Waals surface area contributed by atoms with Gasteiger partial charge >= 0.3 is 0 Å². The number of rotatable bonds is 5. The van der Waals surface area contributed by atoms with Crippen LogP contribution in [0.4, 0.5) is 4.39 Å². The van der Waals surface area contributed by atoms with E-state index in [2.05, 4.69) is 43.3 Å². The van der Waals surface area contributed by atoms with Crippen LogP contribution in [0.3, 0.4) is 0 Å². The van der Waals surface area contributed by atoms with Crippen LogP contribution in [-0.2, 0) is 12.8 Å². The Labute approximate surface area is 169 Å². The fourth-order valence-corrected chi connectivity index (χ4v) is 5.26. The molecular weight excluding hydrogens is 343 g/mol. The van der Waals surface area contributed by atoms with Crippen LogP contribution < -0.4 is 0 Å². The zero-order valence-corrected chi connectivity index (χ0v) is 17.4. The Morgan fingerprint density at radius 1 is 0.893 bits per heavy atom. The third-order valence-corrected chi connectivity index (χ3v) is 7.01. The van der Waals surface area contributed by atoms with Crippen LogP contribution in [0.15, 0.2) is 36.4 Å². The summed E-state index contributed by atoms with van der Waals surface area (Å²) in [5, 5.41) is 0. The molecule has 0 unspecified atom stereocenters. The third kappa shape index (κ3) is 3.95. The SMILES string of the molecule is CCCC1CCC(c2ccc(C3=Cc4ccc(CC)c(F)c4CC3)cc2)CC1. The standard InChI is InChI=1S/C27H33F/c1-3-5-19-6-8-21(9-7-19)22-11-13-23(14-12-22)24-16-17-26-25(18-24)15-10-20(4-2)27(26)28/h10-15,18-19,21H,3-9,16-17H2,1-2H3. The second-order valence-corrected chi connectivity index (χ2v) is 8.76. The van der Waals surface area contributed by atoms with Crippen molar-refractivity contribution in [2.75, 3.05) is 0 Å². The molecule has 0 bridgehead atoms. The molecule has 1 saturated carbocycles. The Kier molecular flexibility index (Phi) is 5.99. The largest absolute Gasteiger partial charge is 0.206 e. The molecule has 28 heavy (non-hydrogen) atoms. The molecule has 0 heterocycles. The van der Waals surface area contributed by atoms with E-state index in [9.17, 15) is 4.39 Å². The lowest BCUT2D eigenvalue weighted by atomic mass is 9.77. The van der Waals surface area contributed by atoms with Crippen molar-refractivity contribution in [1.29, 1.82) is 0 Å². The van der Waals surface area contributed by atoms with E-state index in [1.165, 1.54) is 55.2 Å². The molecule has 0 N–H and O–H groups in total. The Morgan fingerprint density at radius 3 is 2.32 bits per heavy atom. The van der Waals surface area contributed by atoms with E-state index in [0.717, 1.165) is 47.8 Å². The van der Waals surface area contributed by atoms with Crippen LogP contribution in [0.2, 0.25) is 0 Å². The highest BCUT2D eigenvalue weighted by atomic mass is 19.1. The highest BCUT2D eigenvalue weighted by Gasteiger charge is 2.22. The van der Waals surface area contributed by atoms with Crippen molar-refractivity contribution in [3.63, 3.8) is 0 Å². The minimum atomic E-state index is 0.0179. The fourth-order valence-electron chi connectivity index (χ4n) is 5.26. The van der Waals surface area contributed by atoms with Gasteiger partial charge in [0.05, 0.1) is 0 Å². The molecule has 4 rings (SSSR count). The Hall–Kier alpha value is -1.89. The predicted molar refractivity (Wildman–Crippen MR) is 118 cm³/mol. The zero-order valence-electron chi connectivity index (χ0n) is 17.4. The number of benzene rings is 2. The van der Waals surface area contributed by atoms with Crippen molar-refractivity contribution in [3.8, 4) is 0 Å². The lowest BCUT2D eigenvalue weighted by Gasteiger charge is -2.28. The van der Waals surface area contributed by atoms with Gasteiger partial charge in [-0.3, -0.25) is 0 Å². The number of aryl methyl sites for hydroxylation is 1. The molecule has 0 spiro atoms. The first-order valence-corrected chi connectivity index (χ1v) is 11.3. The summed E-state index contributed by atoms with van der Waals surface area (Å²) >= 11 is 0. The molecule has 1 heteroatoms. The van der Waals surface area contributed by atoms with E-state index >= 15 is 0 Å². The second-order valence-electron chi connectivity index (χ2n) is 8.76. The van der Waals surface area contributed by atoms with Crippen molar-refractivity contribution in [1.82, 2.24) is 0 Å².